The second kappa shape index (κ2) is 8.73. The summed E-state index contributed by atoms with van der Waals surface area (Å²) in [6, 6.07) is 11.1. The van der Waals surface area contributed by atoms with E-state index in [9.17, 15) is 13.6 Å². The maximum absolute atomic E-state index is 14.2. The molecule has 5 nitrogen and oxygen atoms in total. The first-order valence-electron chi connectivity index (χ1n) is 11.2. The van der Waals surface area contributed by atoms with Crippen molar-refractivity contribution in [2.45, 2.75) is 19.3 Å². The van der Waals surface area contributed by atoms with Crippen LogP contribution >= 0.6 is 0 Å². The van der Waals surface area contributed by atoms with Gasteiger partial charge in [-0.3, -0.25) is 9.78 Å². The standard InChI is InChI=1S/C25H26F2N4O/c26-18-4-7-20(8-5-18)29-12-14-30(15-13-29)24-21-16-19(27)6-9-23(21)28-17-22(24)25(32)31-10-2-1-3-11-31/h4-9,16-17H,1-3,10-15H2. The van der Waals surface area contributed by atoms with Crippen LogP contribution in [0.15, 0.2) is 48.7 Å². The molecular weight excluding hydrogens is 410 g/mol. The van der Waals surface area contributed by atoms with Gasteiger partial charge in [0.15, 0.2) is 0 Å². The number of rotatable bonds is 3. The van der Waals surface area contributed by atoms with Crippen molar-refractivity contribution in [2.75, 3.05) is 49.1 Å². The van der Waals surface area contributed by atoms with Crippen LogP contribution < -0.4 is 9.80 Å². The van der Waals surface area contributed by atoms with Crippen LogP contribution in [0.3, 0.4) is 0 Å². The number of halogens is 2. The van der Waals surface area contributed by atoms with Gasteiger partial charge in [-0.15, -0.1) is 0 Å². The molecule has 0 unspecified atom stereocenters. The number of benzene rings is 2. The van der Waals surface area contributed by atoms with Gasteiger partial charge in [0.1, 0.15) is 11.6 Å². The summed E-state index contributed by atoms with van der Waals surface area (Å²) in [5.74, 6) is -0.620. The van der Waals surface area contributed by atoms with E-state index >= 15 is 0 Å². The van der Waals surface area contributed by atoms with Gasteiger partial charge in [-0.05, 0) is 61.7 Å². The van der Waals surface area contributed by atoms with E-state index in [2.05, 4.69) is 14.8 Å². The zero-order chi connectivity index (χ0) is 22.1. The average Bonchev–Trinajstić information content (AvgIpc) is 2.84. The maximum atomic E-state index is 14.2. The topological polar surface area (TPSA) is 39.7 Å². The Kier molecular flexibility index (Phi) is 5.64. The number of hydrogen-bond acceptors (Lipinski definition) is 4. The lowest BCUT2D eigenvalue weighted by Crippen LogP contribution is -2.47. The Morgan fingerprint density at radius 1 is 0.781 bits per heavy atom. The van der Waals surface area contributed by atoms with Gasteiger partial charge in [0.2, 0.25) is 0 Å². The minimum Gasteiger partial charge on any atom is -0.368 e. The van der Waals surface area contributed by atoms with E-state index in [1.165, 1.54) is 24.3 Å². The van der Waals surface area contributed by atoms with Gasteiger partial charge in [0.05, 0.1) is 16.8 Å². The average molecular weight is 437 g/mol. The van der Waals surface area contributed by atoms with Gasteiger partial charge < -0.3 is 14.7 Å². The molecule has 2 aromatic carbocycles. The minimum atomic E-state index is -0.340. The molecule has 0 saturated carbocycles. The Balaban J connectivity index is 1.48. The van der Waals surface area contributed by atoms with Crippen LogP contribution in [0.1, 0.15) is 29.6 Å². The quantitative estimate of drug-likeness (QED) is 0.608. The van der Waals surface area contributed by atoms with Crippen molar-refractivity contribution in [2.24, 2.45) is 0 Å². The number of pyridine rings is 1. The highest BCUT2D eigenvalue weighted by molar-refractivity contribution is 6.07. The van der Waals surface area contributed by atoms with E-state index in [4.69, 9.17) is 0 Å². The van der Waals surface area contributed by atoms with Crippen molar-refractivity contribution in [3.8, 4) is 0 Å². The molecule has 0 spiro atoms. The second-order valence-electron chi connectivity index (χ2n) is 8.49. The first kappa shape index (κ1) is 20.7. The van der Waals surface area contributed by atoms with Crippen molar-refractivity contribution in [1.82, 2.24) is 9.88 Å². The molecule has 0 atom stereocenters. The molecule has 2 aliphatic heterocycles. The first-order valence-corrected chi connectivity index (χ1v) is 11.2. The minimum absolute atomic E-state index is 0.0284. The van der Waals surface area contributed by atoms with E-state index in [1.54, 1.807) is 24.4 Å². The first-order chi connectivity index (χ1) is 15.6. The summed E-state index contributed by atoms with van der Waals surface area (Å²) >= 11 is 0. The van der Waals surface area contributed by atoms with E-state index in [-0.39, 0.29) is 17.5 Å². The third kappa shape index (κ3) is 3.99. The molecule has 2 saturated heterocycles. The number of carbonyl (C=O) groups excluding carboxylic acids is 1. The molecule has 0 aliphatic carbocycles. The third-order valence-corrected chi connectivity index (χ3v) is 6.46. The predicted octanol–water partition coefficient (Wildman–Crippen LogP) is 4.47. The highest BCUT2D eigenvalue weighted by Crippen LogP contribution is 2.33. The monoisotopic (exact) mass is 436 g/mol. The number of nitrogens with zero attached hydrogens (tertiary/aromatic N) is 4. The summed E-state index contributed by atoms with van der Waals surface area (Å²) < 4.78 is 27.5. The molecule has 3 aromatic rings. The molecule has 166 valence electrons. The zero-order valence-electron chi connectivity index (χ0n) is 17.9. The van der Waals surface area contributed by atoms with Crippen molar-refractivity contribution < 1.29 is 13.6 Å². The fraction of sp³-hybridized carbons (Fsp3) is 0.360. The Hall–Kier alpha value is -3.22. The summed E-state index contributed by atoms with van der Waals surface area (Å²) in [6.45, 7) is 4.29. The maximum Gasteiger partial charge on any atom is 0.257 e. The van der Waals surface area contributed by atoms with Gasteiger partial charge in [-0.25, -0.2) is 8.78 Å². The van der Waals surface area contributed by atoms with Gasteiger partial charge >= 0.3 is 0 Å². The molecule has 3 heterocycles. The number of piperazine rings is 1. The summed E-state index contributed by atoms with van der Waals surface area (Å²) in [6.07, 6.45) is 4.81. The predicted molar refractivity (Wildman–Crippen MR) is 122 cm³/mol. The number of likely N-dealkylation sites (tertiary alicyclic amines) is 1. The van der Waals surface area contributed by atoms with Crippen LogP contribution in [0, 0.1) is 11.6 Å². The second-order valence-corrected chi connectivity index (χ2v) is 8.49. The lowest BCUT2D eigenvalue weighted by molar-refractivity contribution is 0.0724. The number of carbonyl (C=O) groups is 1. The fourth-order valence-corrected chi connectivity index (χ4v) is 4.76. The molecule has 32 heavy (non-hydrogen) atoms. The molecule has 1 aromatic heterocycles. The lowest BCUT2D eigenvalue weighted by Gasteiger charge is -2.39. The third-order valence-electron chi connectivity index (χ3n) is 6.46. The number of piperidine rings is 1. The van der Waals surface area contributed by atoms with Crippen molar-refractivity contribution in [3.05, 3.63) is 65.9 Å². The van der Waals surface area contributed by atoms with Gasteiger partial charge in [-0.2, -0.15) is 0 Å². The molecule has 5 rings (SSSR count). The molecule has 2 fully saturated rings. The van der Waals surface area contributed by atoms with Crippen molar-refractivity contribution in [1.29, 1.82) is 0 Å². The normalized spacial score (nSPS) is 17.1. The summed E-state index contributed by atoms with van der Waals surface area (Å²) in [4.78, 5) is 24.2. The summed E-state index contributed by atoms with van der Waals surface area (Å²) in [5.41, 5.74) is 2.96. The van der Waals surface area contributed by atoms with Crippen LogP contribution in [0.25, 0.3) is 10.9 Å². The molecular formula is C25H26F2N4O. The van der Waals surface area contributed by atoms with Crippen LogP contribution in [0.2, 0.25) is 0 Å². The highest BCUT2D eigenvalue weighted by Gasteiger charge is 2.27. The Morgan fingerprint density at radius 3 is 2.16 bits per heavy atom. The Morgan fingerprint density at radius 2 is 1.44 bits per heavy atom. The molecule has 1 amide bonds. The van der Waals surface area contributed by atoms with Crippen LogP contribution in [0.5, 0.6) is 0 Å². The van der Waals surface area contributed by atoms with Crippen LogP contribution in [-0.4, -0.2) is 55.1 Å². The molecule has 2 aliphatic rings. The number of anilines is 2. The van der Waals surface area contributed by atoms with Gasteiger partial charge in [-0.1, -0.05) is 0 Å². The largest absolute Gasteiger partial charge is 0.368 e. The summed E-state index contributed by atoms with van der Waals surface area (Å²) in [5, 5.41) is 0.670. The van der Waals surface area contributed by atoms with E-state index < -0.39 is 0 Å². The number of aromatic nitrogens is 1. The smallest absolute Gasteiger partial charge is 0.257 e. The molecule has 7 heteroatoms. The van der Waals surface area contributed by atoms with Crippen LogP contribution in [-0.2, 0) is 0 Å². The Bertz CT molecular complexity index is 1120. The molecule has 0 N–H and O–H groups in total. The summed E-state index contributed by atoms with van der Waals surface area (Å²) in [7, 11) is 0. The van der Waals surface area contributed by atoms with Crippen LogP contribution in [0.4, 0.5) is 20.2 Å². The fourth-order valence-electron chi connectivity index (χ4n) is 4.76. The SMILES string of the molecule is O=C(c1cnc2ccc(F)cc2c1N1CCN(c2ccc(F)cc2)CC1)N1CCCCC1. The zero-order valence-corrected chi connectivity index (χ0v) is 17.9. The number of hydrogen-bond donors (Lipinski definition) is 0. The van der Waals surface area contributed by atoms with E-state index in [1.807, 2.05) is 4.90 Å². The van der Waals surface area contributed by atoms with E-state index in [0.29, 0.717) is 29.6 Å². The van der Waals surface area contributed by atoms with E-state index in [0.717, 1.165) is 56.8 Å². The lowest BCUT2D eigenvalue weighted by atomic mass is 10.0. The van der Waals surface area contributed by atoms with Crippen molar-refractivity contribution >= 4 is 28.2 Å². The van der Waals surface area contributed by atoms with Gasteiger partial charge in [0, 0.05) is 56.5 Å². The molecule has 0 bridgehead atoms. The molecule has 0 radical (unpaired) electrons. The number of fused-ring (bicyclic) bond motifs is 1. The van der Waals surface area contributed by atoms with Gasteiger partial charge in [0.25, 0.3) is 5.91 Å². The van der Waals surface area contributed by atoms with Crippen molar-refractivity contribution in [3.63, 3.8) is 0 Å². The Labute approximate surface area is 186 Å². The number of amides is 1. The highest BCUT2D eigenvalue weighted by atomic mass is 19.1.